The minimum atomic E-state index is -4.73. The standard InChI is InChI=1S/C15H21F2NO3S/c1-2-3-4-5-6-11-14(19)18-12-9-7-8-10-13(12)22(20,21)15(16)17/h7-10,15H,2-6,11H2,1H3,(H,18,19). The van der Waals surface area contributed by atoms with E-state index in [1.165, 1.54) is 18.2 Å². The number of anilines is 1. The second-order valence-electron chi connectivity index (χ2n) is 5.01. The first-order valence-electron chi connectivity index (χ1n) is 7.30. The maximum absolute atomic E-state index is 12.6. The number of para-hydroxylation sites is 1. The van der Waals surface area contributed by atoms with Gasteiger partial charge in [-0.2, -0.15) is 8.78 Å². The summed E-state index contributed by atoms with van der Waals surface area (Å²) in [5.41, 5.74) is -0.0960. The summed E-state index contributed by atoms with van der Waals surface area (Å²) in [6.07, 6.45) is 5.10. The van der Waals surface area contributed by atoms with Crippen LogP contribution in [0.2, 0.25) is 0 Å². The first kappa shape index (κ1) is 18.5. The van der Waals surface area contributed by atoms with E-state index in [1.807, 2.05) is 0 Å². The van der Waals surface area contributed by atoms with Gasteiger partial charge in [-0.25, -0.2) is 8.42 Å². The van der Waals surface area contributed by atoms with Crippen molar-refractivity contribution in [1.29, 1.82) is 0 Å². The lowest BCUT2D eigenvalue weighted by atomic mass is 10.1. The van der Waals surface area contributed by atoms with Crippen LogP contribution in [0.3, 0.4) is 0 Å². The molecule has 0 unspecified atom stereocenters. The van der Waals surface area contributed by atoms with Gasteiger partial charge < -0.3 is 5.32 Å². The van der Waals surface area contributed by atoms with Crippen molar-refractivity contribution in [3.05, 3.63) is 24.3 Å². The molecule has 0 bridgehead atoms. The molecule has 124 valence electrons. The Morgan fingerprint density at radius 3 is 2.41 bits per heavy atom. The summed E-state index contributed by atoms with van der Waals surface area (Å²) in [5, 5.41) is 2.41. The van der Waals surface area contributed by atoms with Gasteiger partial charge in [0.2, 0.25) is 15.7 Å². The van der Waals surface area contributed by atoms with Crippen molar-refractivity contribution >= 4 is 21.4 Å². The molecule has 4 nitrogen and oxygen atoms in total. The predicted molar refractivity (Wildman–Crippen MR) is 81.6 cm³/mol. The highest BCUT2D eigenvalue weighted by Gasteiger charge is 2.29. The number of alkyl halides is 2. The molecule has 0 saturated heterocycles. The predicted octanol–water partition coefficient (Wildman–Crippen LogP) is 3.98. The third-order valence-corrected chi connectivity index (χ3v) is 4.65. The van der Waals surface area contributed by atoms with Gasteiger partial charge in [-0.1, -0.05) is 44.7 Å². The number of hydrogen-bond donors (Lipinski definition) is 1. The second-order valence-corrected chi connectivity index (χ2v) is 6.90. The van der Waals surface area contributed by atoms with Crippen LogP contribution in [0.4, 0.5) is 14.5 Å². The lowest BCUT2D eigenvalue weighted by molar-refractivity contribution is -0.116. The zero-order valence-corrected chi connectivity index (χ0v) is 13.3. The average Bonchev–Trinajstić information content (AvgIpc) is 2.47. The molecule has 0 aliphatic carbocycles. The molecule has 1 rings (SSSR count). The molecular formula is C15H21F2NO3S. The van der Waals surface area contributed by atoms with Crippen LogP contribution in [0.1, 0.15) is 45.4 Å². The SMILES string of the molecule is CCCCCCCC(=O)Nc1ccccc1S(=O)(=O)C(F)F. The van der Waals surface area contributed by atoms with E-state index in [1.54, 1.807) is 0 Å². The monoisotopic (exact) mass is 333 g/mol. The zero-order valence-electron chi connectivity index (χ0n) is 12.5. The van der Waals surface area contributed by atoms with Gasteiger partial charge >= 0.3 is 5.76 Å². The highest BCUT2D eigenvalue weighted by Crippen LogP contribution is 2.26. The van der Waals surface area contributed by atoms with Crippen molar-refractivity contribution in [1.82, 2.24) is 0 Å². The Morgan fingerprint density at radius 1 is 1.14 bits per heavy atom. The number of benzene rings is 1. The second kappa shape index (κ2) is 8.82. The van der Waals surface area contributed by atoms with Crippen LogP contribution in [-0.2, 0) is 14.6 Å². The van der Waals surface area contributed by atoms with E-state index < -0.39 is 20.5 Å². The van der Waals surface area contributed by atoms with E-state index in [2.05, 4.69) is 12.2 Å². The number of carbonyl (C=O) groups excluding carboxylic acids is 1. The normalized spacial score (nSPS) is 11.6. The molecule has 0 saturated carbocycles. The summed E-state index contributed by atoms with van der Waals surface area (Å²) >= 11 is 0. The van der Waals surface area contributed by atoms with Gasteiger partial charge in [-0.3, -0.25) is 4.79 Å². The number of amides is 1. The highest BCUT2D eigenvalue weighted by atomic mass is 32.2. The number of unbranched alkanes of at least 4 members (excludes halogenated alkanes) is 4. The molecule has 0 heterocycles. The topological polar surface area (TPSA) is 63.2 Å². The molecule has 0 aliphatic heterocycles. The number of nitrogens with one attached hydrogen (secondary N) is 1. The molecule has 1 N–H and O–H groups in total. The largest absolute Gasteiger partial charge is 0.341 e. The number of halogens is 2. The summed E-state index contributed by atoms with van der Waals surface area (Å²) in [7, 11) is -4.73. The lowest BCUT2D eigenvalue weighted by Gasteiger charge is -2.11. The fraction of sp³-hybridized carbons (Fsp3) is 0.533. The Kier molecular flexibility index (Phi) is 7.44. The van der Waals surface area contributed by atoms with Gasteiger partial charge in [0.05, 0.1) is 10.6 Å². The van der Waals surface area contributed by atoms with Crippen molar-refractivity contribution < 1.29 is 22.0 Å². The Bertz CT molecular complexity index is 588. The molecular weight excluding hydrogens is 312 g/mol. The third kappa shape index (κ3) is 5.36. The van der Waals surface area contributed by atoms with Crippen LogP contribution in [0, 0.1) is 0 Å². The summed E-state index contributed by atoms with van der Waals surface area (Å²) in [6.45, 7) is 2.09. The number of rotatable bonds is 9. The van der Waals surface area contributed by atoms with Crippen LogP contribution in [0.15, 0.2) is 29.2 Å². The highest BCUT2D eigenvalue weighted by molar-refractivity contribution is 7.91. The Labute approximate surface area is 129 Å². The first-order valence-corrected chi connectivity index (χ1v) is 8.85. The molecule has 1 aromatic rings. The van der Waals surface area contributed by atoms with Gasteiger partial charge in [-0.15, -0.1) is 0 Å². The summed E-state index contributed by atoms with van der Waals surface area (Å²) in [6, 6.07) is 5.21. The first-order chi connectivity index (χ1) is 10.4. The smallest absolute Gasteiger partial charge is 0.325 e. The van der Waals surface area contributed by atoms with Gasteiger partial charge in [0.25, 0.3) is 0 Å². The van der Waals surface area contributed by atoms with Crippen LogP contribution < -0.4 is 5.32 Å². The summed E-state index contributed by atoms with van der Waals surface area (Å²) in [4.78, 5) is 11.2. The maximum Gasteiger partial charge on any atom is 0.341 e. The average molecular weight is 333 g/mol. The van der Waals surface area contributed by atoms with Crippen molar-refractivity contribution in [3.63, 3.8) is 0 Å². The van der Waals surface area contributed by atoms with E-state index in [9.17, 15) is 22.0 Å². The van der Waals surface area contributed by atoms with Crippen molar-refractivity contribution in [3.8, 4) is 0 Å². The van der Waals surface area contributed by atoms with E-state index in [0.29, 0.717) is 6.42 Å². The molecule has 0 spiro atoms. The minimum Gasteiger partial charge on any atom is -0.325 e. The lowest BCUT2D eigenvalue weighted by Crippen LogP contribution is -2.17. The number of sulfone groups is 1. The fourth-order valence-electron chi connectivity index (χ4n) is 2.02. The summed E-state index contributed by atoms with van der Waals surface area (Å²) in [5.74, 6) is -3.88. The molecule has 0 fully saturated rings. The number of carbonyl (C=O) groups is 1. The van der Waals surface area contributed by atoms with Crippen molar-refractivity contribution in [2.24, 2.45) is 0 Å². The molecule has 22 heavy (non-hydrogen) atoms. The molecule has 0 aliphatic rings. The van der Waals surface area contributed by atoms with Crippen molar-refractivity contribution in [2.75, 3.05) is 5.32 Å². The molecule has 1 amide bonds. The zero-order chi connectivity index (χ0) is 16.6. The van der Waals surface area contributed by atoms with Gasteiger partial charge in [0.1, 0.15) is 0 Å². The Balaban J connectivity index is 2.69. The van der Waals surface area contributed by atoms with E-state index in [0.717, 1.165) is 31.7 Å². The van der Waals surface area contributed by atoms with Crippen molar-refractivity contribution in [2.45, 2.75) is 56.1 Å². The molecule has 7 heteroatoms. The Hall–Kier alpha value is -1.50. The van der Waals surface area contributed by atoms with E-state index in [4.69, 9.17) is 0 Å². The number of hydrogen-bond acceptors (Lipinski definition) is 3. The van der Waals surface area contributed by atoms with Gasteiger partial charge in [0, 0.05) is 6.42 Å². The van der Waals surface area contributed by atoms with E-state index >= 15 is 0 Å². The molecule has 1 aromatic carbocycles. The van der Waals surface area contributed by atoms with Crippen LogP contribution >= 0.6 is 0 Å². The minimum absolute atomic E-state index is 0.0960. The van der Waals surface area contributed by atoms with Gasteiger partial charge in [-0.05, 0) is 18.6 Å². The van der Waals surface area contributed by atoms with Crippen LogP contribution in [0.5, 0.6) is 0 Å². The Morgan fingerprint density at radius 2 is 1.77 bits per heavy atom. The molecule has 0 aromatic heterocycles. The summed E-state index contributed by atoms with van der Waals surface area (Å²) < 4.78 is 48.4. The molecule has 0 radical (unpaired) electrons. The van der Waals surface area contributed by atoms with Crippen LogP contribution in [-0.4, -0.2) is 20.1 Å². The fourth-order valence-corrected chi connectivity index (χ4v) is 2.90. The van der Waals surface area contributed by atoms with E-state index in [-0.39, 0.29) is 18.0 Å². The maximum atomic E-state index is 12.6. The quantitative estimate of drug-likeness (QED) is 0.695. The van der Waals surface area contributed by atoms with Gasteiger partial charge in [0.15, 0.2) is 0 Å². The third-order valence-electron chi connectivity index (χ3n) is 3.21. The molecule has 0 atom stereocenters. The van der Waals surface area contributed by atoms with Crippen LogP contribution in [0.25, 0.3) is 0 Å².